The lowest BCUT2D eigenvalue weighted by Crippen LogP contribution is -2.09. The third-order valence-electron chi connectivity index (χ3n) is 0.544. The summed E-state index contributed by atoms with van der Waals surface area (Å²) in [5, 5.41) is 27.9. The van der Waals surface area contributed by atoms with E-state index in [2.05, 4.69) is 0 Å². The van der Waals surface area contributed by atoms with Crippen molar-refractivity contribution in [2.24, 2.45) is 0 Å². The summed E-state index contributed by atoms with van der Waals surface area (Å²) in [5.41, 5.74) is 0. The maximum absolute atomic E-state index is 8.56. The normalized spacial score (nSPS) is 8.40. The van der Waals surface area contributed by atoms with Gasteiger partial charge >= 0.3 is 12.3 Å². The second-order valence-corrected chi connectivity index (χ2v) is 2.80. The summed E-state index contributed by atoms with van der Waals surface area (Å²) < 4.78 is 5.25. The van der Waals surface area contributed by atoms with Crippen molar-refractivity contribution in [1.82, 2.24) is 0 Å². The Bertz CT molecular complexity index is 138. The van der Waals surface area contributed by atoms with Gasteiger partial charge in [0.25, 0.3) is 0 Å². The Morgan fingerprint density at radius 3 is 0.933 bits per heavy atom. The van der Waals surface area contributed by atoms with Crippen molar-refractivity contribution in [3.63, 3.8) is 0 Å². The van der Waals surface area contributed by atoms with E-state index in [9.17, 15) is 0 Å². The molecule has 0 atom stereocenters. The molecule has 0 aliphatic rings. The fraction of sp³-hybridized carbons (Fsp3) is 0.750. The topological polar surface area (TPSA) is 124 Å². The van der Waals surface area contributed by atoms with Crippen LogP contribution in [0.1, 0.15) is 27.7 Å². The van der Waals surface area contributed by atoms with Crippen LogP contribution in [0.5, 0.6) is 0 Å². The summed E-state index contributed by atoms with van der Waals surface area (Å²) in [6, 6.07) is 0. The molecular weight excluding hydrogens is 208 g/mol. The van der Waals surface area contributed by atoms with Crippen LogP contribution in [-0.4, -0.2) is 44.9 Å². The third kappa shape index (κ3) is 220. The smallest absolute Gasteiger partial charge is 0.450 e. The molecule has 0 rings (SSSR count). The lowest BCUT2D eigenvalue weighted by atomic mass is 10.4. The summed E-state index contributed by atoms with van der Waals surface area (Å²) in [6.45, 7) is 8.17. The Morgan fingerprint density at radius 2 is 0.933 bits per heavy atom. The first kappa shape index (κ1) is 19.1. The lowest BCUT2D eigenvalue weighted by Gasteiger charge is -2.09. The fourth-order valence-corrected chi connectivity index (χ4v) is 0.544. The molecule has 92 valence electrons. The highest BCUT2D eigenvalue weighted by atomic mass is 16.6. The van der Waals surface area contributed by atoms with E-state index in [-0.39, 0.29) is 0 Å². The zero-order chi connectivity index (χ0) is 13.0. The van der Waals surface area contributed by atoms with E-state index in [1.165, 1.54) is 0 Å². The van der Waals surface area contributed by atoms with Gasteiger partial charge in [-0.25, -0.2) is 9.59 Å². The molecule has 0 aliphatic heterocycles. The molecule has 0 heterocycles. The molecule has 0 aliphatic carbocycles. The molecule has 0 spiro atoms. The summed E-state index contributed by atoms with van der Waals surface area (Å²) >= 11 is 0. The predicted molar refractivity (Wildman–Crippen MR) is 52.7 cm³/mol. The van der Waals surface area contributed by atoms with Crippen molar-refractivity contribution in [2.75, 3.05) is 0 Å². The van der Waals surface area contributed by atoms with Crippen molar-refractivity contribution >= 4 is 12.3 Å². The minimum Gasteiger partial charge on any atom is -0.450 e. The van der Waals surface area contributed by atoms with Crippen molar-refractivity contribution in [2.45, 2.75) is 39.9 Å². The molecule has 0 unspecified atom stereocenters. The van der Waals surface area contributed by atoms with E-state index in [1.807, 2.05) is 27.7 Å². The Hall–Kier alpha value is -1.50. The molecule has 0 aromatic rings. The highest BCUT2D eigenvalue weighted by Gasteiger charge is 1.94. The molecule has 7 heteroatoms. The Morgan fingerprint density at radius 1 is 0.800 bits per heavy atom. The van der Waals surface area contributed by atoms with Gasteiger partial charge in [-0.1, -0.05) is 0 Å². The highest BCUT2D eigenvalue weighted by molar-refractivity contribution is 5.53. The quantitative estimate of drug-likeness (QED) is 0.569. The molecule has 7 nitrogen and oxygen atoms in total. The van der Waals surface area contributed by atoms with Gasteiger partial charge in [0.1, 0.15) is 0 Å². The number of rotatable bonds is 2. The minimum atomic E-state index is -1.83. The molecule has 15 heavy (non-hydrogen) atoms. The Balaban J connectivity index is -0.000000155. The van der Waals surface area contributed by atoms with Crippen LogP contribution in [0.15, 0.2) is 0 Å². The first-order valence-corrected chi connectivity index (χ1v) is 4.08. The van der Waals surface area contributed by atoms with Crippen LogP contribution >= 0.6 is 0 Å². The van der Waals surface area contributed by atoms with E-state index < -0.39 is 12.3 Å². The molecule has 4 N–H and O–H groups in total. The average Bonchev–Trinajstić information content (AvgIpc) is 1.78. The van der Waals surface area contributed by atoms with Gasteiger partial charge in [-0.3, -0.25) is 0 Å². The van der Waals surface area contributed by atoms with Gasteiger partial charge in [0.2, 0.25) is 0 Å². The molecule has 0 saturated heterocycles. The first-order valence-electron chi connectivity index (χ1n) is 4.08. The SMILES string of the molecule is CC(C)OC(C)C.O=C(O)O.O=C(O)O. The molecule has 0 aromatic carbocycles. The van der Waals surface area contributed by atoms with Crippen LogP contribution in [0.25, 0.3) is 0 Å². The van der Waals surface area contributed by atoms with Crippen LogP contribution in [0.3, 0.4) is 0 Å². The largest absolute Gasteiger partial charge is 0.503 e. The van der Waals surface area contributed by atoms with E-state index in [0.29, 0.717) is 12.2 Å². The number of carboxylic acid groups (broad SMARTS) is 4. The first-order chi connectivity index (χ1) is 6.59. The van der Waals surface area contributed by atoms with E-state index in [4.69, 9.17) is 34.8 Å². The zero-order valence-corrected chi connectivity index (χ0v) is 9.17. The average molecular weight is 226 g/mol. The van der Waals surface area contributed by atoms with Crippen LogP contribution in [0.2, 0.25) is 0 Å². The van der Waals surface area contributed by atoms with Gasteiger partial charge in [-0.2, -0.15) is 0 Å². The third-order valence-corrected chi connectivity index (χ3v) is 0.544. The maximum atomic E-state index is 8.56. The van der Waals surface area contributed by atoms with Gasteiger partial charge in [0, 0.05) is 0 Å². The van der Waals surface area contributed by atoms with E-state index in [0.717, 1.165) is 0 Å². The number of carbonyl (C=O) groups is 2. The second kappa shape index (κ2) is 12.5. The van der Waals surface area contributed by atoms with E-state index in [1.54, 1.807) is 0 Å². The van der Waals surface area contributed by atoms with Crippen LogP contribution < -0.4 is 0 Å². The molecule has 0 amide bonds. The molecule has 0 radical (unpaired) electrons. The molecule has 0 fully saturated rings. The standard InChI is InChI=1S/C6H14O.2CH2O3/c1-5(2)7-6(3)4;2*2-1(3)4/h5-6H,1-4H3;2*(H2,2,3,4). The van der Waals surface area contributed by atoms with Crippen LogP contribution in [-0.2, 0) is 4.74 Å². The second-order valence-electron chi connectivity index (χ2n) is 2.80. The summed E-state index contributed by atoms with van der Waals surface area (Å²) in [7, 11) is 0. The molecule has 0 aromatic heterocycles. The van der Waals surface area contributed by atoms with Gasteiger partial charge in [-0.05, 0) is 27.7 Å². The van der Waals surface area contributed by atoms with Crippen molar-refractivity contribution in [1.29, 1.82) is 0 Å². The molecule has 0 saturated carbocycles. The van der Waals surface area contributed by atoms with Crippen LogP contribution in [0.4, 0.5) is 9.59 Å². The highest BCUT2D eigenvalue weighted by Crippen LogP contribution is 1.93. The minimum absolute atomic E-state index is 0.375. The van der Waals surface area contributed by atoms with Crippen molar-refractivity contribution in [3.8, 4) is 0 Å². The van der Waals surface area contributed by atoms with Gasteiger partial charge in [0.05, 0.1) is 12.2 Å². The number of hydrogen-bond acceptors (Lipinski definition) is 3. The van der Waals surface area contributed by atoms with Gasteiger partial charge in [-0.15, -0.1) is 0 Å². The van der Waals surface area contributed by atoms with Crippen molar-refractivity contribution in [3.05, 3.63) is 0 Å². The fourth-order valence-electron chi connectivity index (χ4n) is 0.544. The van der Waals surface area contributed by atoms with Crippen LogP contribution in [0, 0.1) is 0 Å². The maximum Gasteiger partial charge on any atom is 0.503 e. The Labute approximate surface area is 87.9 Å². The zero-order valence-electron chi connectivity index (χ0n) is 9.17. The van der Waals surface area contributed by atoms with E-state index >= 15 is 0 Å². The van der Waals surface area contributed by atoms with Gasteiger partial charge < -0.3 is 25.2 Å². The summed E-state index contributed by atoms with van der Waals surface area (Å²) in [5.74, 6) is 0. The lowest BCUT2D eigenvalue weighted by molar-refractivity contribution is 0.0300. The van der Waals surface area contributed by atoms with Crippen molar-refractivity contribution < 1.29 is 34.8 Å². The van der Waals surface area contributed by atoms with Gasteiger partial charge in [0.15, 0.2) is 0 Å². The molecular formula is C8H18O7. The number of ether oxygens (including phenoxy) is 1. The number of hydrogen-bond donors (Lipinski definition) is 4. The molecule has 0 bridgehead atoms. The monoisotopic (exact) mass is 226 g/mol. The predicted octanol–water partition coefficient (Wildman–Crippen LogP) is 2.26. The summed E-state index contributed by atoms with van der Waals surface area (Å²) in [6.07, 6.45) is -2.92. The Kier molecular flexibility index (Phi) is 15.9. The summed E-state index contributed by atoms with van der Waals surface area (Å²) in [4.78, 5) is 17.1.